The Kier molecular flexibility index (Phi) is 4.81. The van der Waals surface area contributed by atoms with E-state index in [9.17, 15) is 0 Å². The smallest absolute Gasteiger partial charge is 0.423 e. The van der Waals surface area contributed by atoms with Gasteiger partial charge in [0.2, 0.25) is 0 Å². The van der Waals surface area contributed by atoms with Gasteiger partial charge in [-0.05, 0) is 36.8 Å². The van der Waals surface area contributed by atoms with E-state index in [4.69, 9.17) is 10.0 Å². The number of rotatable bonds is 4. The van der Waals surface area contributed by atoms with E-state index in [0.29, 0.717) is 11.5 Å². The second-order valence-electron chi connectivity index (χ2n) is 5.14. The van der Waals surface area contributed by atoms with E-state index in [-0.39, 0.29) is 0 Å². The molecular weight excluding hydrogens is 225 g/mol. The number of benzene rings is 1. The van der Waals surface area contributed by atoms with Crippen LogP contribution in [0.15, 0.2) is 24.3 Å². The van der Waals surface area contributed by atoms with Crippen LogP contribution >= 0.6 is 0 Å². The highest BCUT2D eigenvalue weighted by Gasteiger charge is 2.20. The first-order chi connectivity index (χ1) is 8.70. The van der Waals surface area contributed by atoms with Crippen LogP contribution in [0.4, 0.5) is 0 Å². The zero-order valence-corrected chi connectivity index (χ0v) is 11.0. The molecule has 1 aromatic carbocycles. The molecule has 4 heteroatoms. The largest absolute Gasteiger partial charge is 0.488 e. The number of hydrogen-bond donors (Lipinski definition) is 2. The molecule has 1 heterocycles. The lowest BCUT2D eigenvalue weighted by molar-refractivity contribution is 0.136. The van der Waals surface area contributed by atoms with Crippen molar-refractivity contribution in [3.8, 4) is 0 Å². The second kappa shape index (κ2) is 6.37. The van der Waals surface area contributed by atoms with E-state index in [1.807, 2.05) is 12.1 Å². The van der Waals surface area contributed by atoms with Crippen molar-refractivity contribution in [3.63, 3.8) is 0 Å². The van der Waals surface area contributed by atoms with Crippen molar-refractivity contribution in [1.82, 2.24) is 4.90 Å². The molecular formula is C14H22BNO2. The van der Waals surface area contributed by atoms with Crippen LogP contribution in [-0.2, 0) is 6.54 Å². The third-order valence-electron chi connectivity index (χ3n) is 3.88. The first-order valence-electron chi connectivity index (χ1n) is 6.89. The Morgan fingerprint density at radius 2 is 1.94 bits per heavy atom. The summed E-state index contributed by atoms with van der Waals surface area (Å²) in [5.74, 6) is 0. The minimum atomic E-state index is -1.36. The molecule has 0 amide bonds. The molecule has 3 nitrogen and oxygen atoms in total. The molecule has 98 valence electrons. The van der Waals surface area contributed by atoms with Gasteiger partial charge in [0, 0.05) is 12.6 Å². The summed E-state index contributed by atoms with van der Waals surface area (Å²) in [4.78, 5) is 2.55. The molecule has 0 spiro atoms. The summed E-state index contributed by atoms with van der Waals surface area (Å²) >= 11 is 0. The average molecular weight is 247 g/mol. The quantitative estimate of drug-likeness (QED) is 0.784. The predicted molar refractivity (Wildman–Crippen MR) is 74.6 cm³/mol. The van der Waals surface area contributed by atoms with Gasteiger partial charge in [-0.3, -0.25) is 4.90 Å². The van der Waals surface area contributed by atoms with E-state index in [1.165, 1.54) is 37.8 Å². The van der Waals surface area contributed by atoms with Gasteiger partial charge >= 0.3 is 7.12 Å². The van der Waals surface area contributed by atoms with Gasteiger partial charge in [-0.15, -0.1) is 0 Å². The van der Waals surface area contributed by atoms with Crippen LogP contribution in [0.2, 0.25) is 0 Å². The number of nitrogens with zero attached hydrogens (tertiary/aromatic N) is 1. The molecule has 1 aliphatic rings. The third-order valence-corrected chi connectivity index (χ3v) is 3.88. The van der Waals surface area contributed by atoms with Gasteiger partial charge in [0.1, 0.15) is 0 Å². The highest BCUT2D eigenvalue weighted by atomic mass is 16.4. The van der Waals surface area contributed by atoms with Crippen LogP contribution in [-0.4, -0.2) is 34.7 Å². The van der Waals surface area contributed by atoms with Crippen LogP contribution < -0.4 is 5.46 Å². The molecule has 2 rings (SSSR count). The van der Waals surface area contributed by atoms with Gasteiger partial charge in [0.15, 0.2) is 0 Å². The topological polar surface area (TPSA) is 43.7 Å². The summed E-state index contributed by atoms with van der Waals surface area (Å²) in [5, 5.41) is 18.1. The Morgan fingerprint density at radius 3 is 2.56 bits per heavy atom. The zero-order chi connectivity index (χ0) is 13.0. The Hall–Kier alpha value is -0.835. The van der Waals surface area contributed by atoms with Crippen LogP contribution in [0, 0.1) is 0 Å². The van der Waals surface area contributed by atoms with Gasteiger partial charge in [0.25, 0.3) is 0 Å². The maximum Gasteiger partial charge on any atom is 0.488 e. The summed E-state index contributed by atoms with van der Waals surface area (Å²) in [5.41, 5.74) is 1.81. The Balaban J connectivity index is 1.99. The molecule has 1 atom stereocenters. The Labute approximate surface area is 110 Å². The molecule has 1 unspecified atom stereocenters. The summed E-state index contributed by atoms with van der Waals surface area (Å²) in [6, 6.07) is 8.30. The van der Waals surface area contributed by atoms with Gasteiger partial charge in [-0.25, -0.2) is 0 Å². The van der Waals surface area contributed by atoms with Gasteiger partial charge in [-0.1, -0.05) is 37.6 Å². The van der Waals surface area contributed by atoms with Gasteiger partial charge < -0.3 is 10.0 Å². The molecule has 0 radical (unpaired) electrons. The van der Waals surface area contributed by atoms with Gasteiger partial charge in [0.05, 0.1) is 0 Å². The lowest BCUT2D eigenvalue weighted by Gasteiger charge is -2.35. The molecule has 0 saturated carbocycles. The van der Waals surface area contributed by atoms with Crippen LogP contribution in [0.25, 0.3) is 0 Å². The molecule has 0 aliphatic carbocycles. The SMILES string of the molecule is CCC1CCCCN1Cc1ccc(B(O)O)cc1. The first kappa shape index (κ1) is 13.6. The van der Waals surface area contributed by atoms with Crippen molar-refractivity contribution in [1.29, 1.82) is 0 Å². The van der Waals surface area contributed by atoms with Crippen molar-refractivity contribution >= 4 is 12.6 Å². The average Bonchev–Trinajstić information content (AvgIpc) is 2.40. The molecule has 1 aliphatic heterocycles. The fourth-order valence-corrected chi connectivity index (χ4v) is 2.76. The molecule has 1 aromatic rings. The van der Waals surface area contributed by atoms with E-state index >= 15 is 0 Å². The molecule has 2 N–H and O–H groups in total. The van der Waals surface area contributed by atoms with Crippen LogP contribution in [0.3, 0.4) is 0 Å². The fourth-order valence-electron chi connectivity index (χ4n) is 2.76. The van der Waals surface area contributed by atoms with E-state index in [0.717, 1.165) is 6.54 Å². The van der Waals surface area contributed by atoms with E-state index in [1.54, 1.807) is 12.1 Å². The Bertz CT molecular complexity index is 367. The lowest BCUT2D eigenvalue weighted by Crippen LogP contribution is -2.38. The fraction of sp³-hybridized carbons (Fsp3) is 0.571. The molecule has 18 heavy (non-hydrogen) atoms. The third kappa shape index (κ3) is 3.34. The molecule has 0 aromatic heterocycles. The summed E-state index contributed by atoms with van der Waals surface area (Å²) in [7, 11) is -1.36. The first-order valence-corrected chi connectivity index (χ1v) is 6.89. The van der Waals surface area contributed by atoms with Crippen molar-refractivity contribution in [2.24, 2.45) is 0 Å². The highest BCUT2D eigenvalue weighted by Crippen LogP contribution is 2.21. The normalized spacial score (nSPS) is 20.9. The Morgan fingerprint density at radius 1 is 1.22 bits per heavy atom. The zero-order valence-electron chi connectivity index (χ0n) is 11.0. The molecule has 1 fully saturated rings. The maximum absolute atomic E-state index is 9.06. The van der Waals surface area contributed by atoms with Crippen molar-refractivity contribution < 1.29 is 10.0 Å². The number of hydrogen-bond acceptors (Lipinski definition) is 3. The minimum absolute atomic E-state index is 0.560. The monoisotopic (exact) mass is 247 g/mol. The van der Waals surface area contributed by atoms with E-state index < -0.39 is 7.12 Å². The maximum atomic E-state index is 9.06. The van der Waals surface area contributed by atoms with Crippen molar-refractivity contribution in [2.45, 2.75) is 45.2 Å². The minimum Gasteiger partial charge on any atom is -0.423 e. The van der Waals surface area contributed by atoms with Crippen LogP contribution in [0.5, 0.6) is 0 Å². The van der Waals surface area contributed by atoms with E-state index in [2.05, 4.69) is 11.8 Å². The number of piperidine rings is 1. The number of likely N-dealkylation sites (tertiary alicyclic amines) is 1. The standard InChI is InChI=1S/C14H22BNO2/c1-2-14-5-3-4-10-16(14)11-12-6-8-13(9-7-12)15(17)18/h6-9,14,17-18H,2-5,10-11H2,1H3. The highest BCUT2D eigenvalue weighted by molar-refractivity contribution is 6.58. The molecule has 1 saturated heterocycles. The lowest BCUT2D eigenvalue weighted by atomic mass is 9.80. The summed E-state index contributed by atoms with van der Waals surface area (Å²) < 4.78 is 0. The van der Waals surface area contributed by atoms with Crippen LogP contribution in [0.1, 0.15) is 38.2 Å². The summed E-state index contributed by atoms with van der Waals surface area (Å²) in [6.07, 6.45) is 5.17. The second-order valence-corrected chi connectivity index (χ2v) is 5.14. The predicted octanol–water partition coefficient (Wildman–Crippen LogP) is 1.13. The van der Waals surface area contributed by atoms with Crippen molar-refractivity contribution in [3.05, 3.63) is 29.8 Å². The van der Waals surface area contributed by atoms with Gasteiger partial charge in [-0.2, -0.15) is 0 Å². The summed E-state index contributed by atoms with van der Waals surface area (Å²) in [6.45, 7) is 4.41. The molecule has 0 bridgehead atoms. The van der Waals surface area contributed by atoms with Crippen molar-refractivity contribution in [2.75, 3.05) is 6.54 Å².